The number of allylic oxidation sites excluding steroid dienone is 1. The van der Waals surface area contributed by atoms with Crippen LogP contribution in [-0.4, -0.2) is 56.0 Å². The van der Waals surface area contributed by atoms with Gasteiger partial charge in [-0.2, -0.15) is 22.7 Å². The van der Waals surface area contributed by atoms with Gasteiger partial charge in [0.05, 0.1) is 18.6 Å². The Morgan fingerprint density at radius 3 is 2.86 bits per heavy atom. The van der Waals surface area contributed by atoms with Crippen LogP contribution in [-0.2, 0) is 14.8 Å². The zero-order valence-corrected chi connectivity index (χ0v) is 21.3. The van der Waals surface area contributed by atoms with Crippen molar-refractivity contribution < 1.29 is 68.9 Å². The summed E-state index contributed by atoms with van der Waals surface area (Å²) in [6.45, 7) is 4.02. The molecule has 0 saturated carbocycles. The normalized spacial score (nSPS) is 26.6. The van der Waals surface area contributed by atoms with Gasteiger partial charge in [-0.25, -0.2) is 17.1 Å². The second-order valence-corrected chi connectivity index (χ2v) is 9.63. The quantitative estimate of drug-likeness (QED) is 0.250. The number of aliphatic imine (C=N–C) groups is 1. The summed E-state index contributed by atoms with van der Waals surface area (Å²) < 4.78 is 45.0. The molecular formula is C19H23ClFKN3O3S-. The monoisotopic (exact) mass is 466 g/mol. The molecule has 0 N–H and O–H groups in total. The summed E-state index contributed by atoms with van der Waals surface area (Å²) in [6, 6.07) is 2.71. The SMILES string of the molecule is C[C@H]1CN(S(=O)(=O)CC2CCOC2)CC[C@H]1[C-]=C(Cl)N=[C-]c1ccc(F)cn1.[K+]. The number of sulfonamides is 1. The second-order valence-electron chi connectivity index (χ2n) is 7.26. The molecule has 2 aliphatic heterocycles. The van der Waals surface area contributed by atoms with E-state index in [1.165, 1.54) is 12.1 Å². The van der Waals surface area contributed by atoms with Crippen LogP contribution in [0.15, 0.2) is 28.5 Å². The first-order valence-corrected chi connectivity index (χ1v) is 11.2. The van der Waals surface area contributed by atoms with Crippen LogP contribution < -0.4 is 51.4 Å². The Morgan fingerprint density at radius 1 is 1.45 bits per heavy atom. The predicted molar refractivity (Wildman–Crippen MR) is 105 cm³/mol. The number of piperidine rings is 1. The Hall–Kier alpha value is 0.286. The van der Waals surface area contributed by atoms with Crippen LogP contribution in [0.4, 0.5) is 4.39 Å². The van der Waals surface area contributed by atoms with Crippen LogP contribution in [0.2, 0.25) is 0 Å². The Labute approximate surface area is 219 Å². The van der Waals surface area contributed by atoms with Gasteiger partial charge >= 0.3 is 51.4 Å². The van der Waals surface area contributed by atoms with Gasteiger partial charge in [-0.3, -0.25) is 4.98 Å². The first-order chi connectivity index (χ1) is 13.3. The van der Waals surface area contributed by atoms with Gasteiger partial charge in [-0.05, 0) is 18.0 Å². The number of aromatic nitrogens is 1. The van der Waals surface area contributed by atoms with E-state index in [0.29, 0.717) is 38.4 Å². The summed E-state index contributed by atoms with van der Waals surface area (Å²) in [5.41, 5.74) is 0.367. The molecule has 0 spiro atoms. The average Bonchev–Trinajstić information content (AvgIpc) is 3.15. The Morgan fingerprint density at radius 2 is 2.24 bits per heavy atom. The third-order valence-corrected chi connectivity index (χ3v) is 7.24. The van der Waals surface area contributed by atoms with E-state index in [0.717, 1.165) is 12.6 Å². The topological polar surface area (TPSA) is 71.9 Å². The van der Waals surface area contributed by atoms with E-state index in [-0.39, 0.29) is 80.0 Å². The van der Waals surface area contributed by atoms with Gasteiger partial charge in [0, 0.05) is 19.7 Å². The molecule has 10 heteroatoms. The molecule has 154 valence electrons. The molecular weight excluding hydrogens is 444 g/mol. The fraction of sp³-hybridized carbons (Fsp3) is 0.579. The van der Waals surface area contributed by atoms with E-state index in [2.05, 4.69) is 22.3 Å². The number of pyridine rings is 1. The van der Waals surface area contributed by atoms with E-state index in [4.69, 9.17) is 16.3 Å². The van der Waals surface area contributed by atoms with Gasteiger partial charge in [-0.15, -0.1) is 6.07 Å². The summed E-state index contributed by atoms with van der Waals surface area (Å²) >= 11 is 6.13. The van der Waals surface area contributed by atoms with Gasteiger partial charge in [0.2, 0.25) is 10.0 Å². The Bertz CT molecular complexity index is 830. The number of ether oxygens (including phenoxy) is 1. The molecule has 0 aliphatic carbocycles. The molecule has 29 heavy (non-hydrogen) atoms. The first-order valence-electron chi connectivity index (χ1n) is 9.26. The molecule has 2 fully saturated rings. The summed E-state index contributed by atoms with van der Waals surface area (Å²) in [4.78, 5) is 7.81. The van der Waals surface area contributed by atoms with Crippen LogP contribution in [0.5, 0.6) is 0 Å². The molecule has 0 bridgehead atoms. The van der Waals surface area contributed by atoms with Crippen LogP contribution >= 0.6 is 11.6 Å². The molecule has 1 aromatic rings. The minimum atomic E-state index is -3.29. The maximum Gasteiger partial charge on any atom is 1.00 e. The number of hydrogen-bond acceptors (Lipinski definition) is 5. The van der Waals surface area contributed by atoms with Gasteiger partial charge < -0.3 is 15.8 Å². The van der Waals surface area contributed by atoms with Crippen LogP contribution in [0.3, 0.4) is 0 Å². The maximum absolute atomic E-state index is 12.8. The minimum absolute atomic E-state index is 0. The summed E-state index contributed by atoms with van der Waals surface area (Å²) in [6.07, 6.45) is 8.26. The summed E-state index contributed by atoms with van der Waals surface area (Å²) in [5, 5.41) is 0.141. The van der Waals surface area contributed by atoms with E-state index in [9.17, 15) is 12.8 Å². The van der Waals surface area contributed by atoms with Gasteiger partial charge in [-0.1, -0.05) is 31.5 Å². The van der Waals surface area contributed by atoms with Crippen molar-refractivity contribution in [1.82, 2.24) is 9.29 Å². The molecule has 6 nitrogen and oxygen atoms in total. The van der Waals surface area contributed by atoms with E-state index >= 15 is 0 Å². The zero-order chi connectivity index (χ0) is 20.1. The fourth-order valence-corrected chi connectivity index (χ4v) is 5.52. The molecule has 2 aliphatic rings. The number of halogens is 2. The van der Waals surface area contributed by atoms with Crippen LogP contribution in [0.25, 0.3) is 0 Å². The van der Waals surface area contributed by atoms with E-state index in [1.807, 2.05) is 6.92 Å². The summed E-state index contributed by atoms with van der Waals surface area (Å²) in [5.74, 6) is -0.135. The molecule has 3 atom stereocenters. The summed E-state index contributed by atoms with van der Waals surface area (Å²) in [7, 11) is -3.29. The van der Waals surface area contributed by atoms with Crippen LogP contribution in [0, 0.1) is 29.6 Å². The second kappa shape index (κ2) is 11.8. The molecule has 0 aromatic carbocycles. The first kappa shape index (κ1) is 25.5. The van der Waals surface area contributed by atoms with Crippen molar-refractivity contribution >= 4 is 27.8 Å². The third kappa shape index (κ3) is 7.73. The van der Waals surface area contributed by atoms with Gasteiger partial charge in [0.15, 0.2) is 0 Å². The van der Waals surface area contributed by atoms with Crippen molar-refractivity contribution in [2.24, 2.45) is 22.7 Å². The largest absolute Gasteiger partial charge is 1.00 e. The molecule has 1 unspecified atom stereocenters. The maximum atomic E-state index is 12.8. The zero-order valence-electron chi connectivity index (χ0n) is 16.6. The standard InChI is InChI=1S/C19H23ClFN3O3S.K/c1-14-11-24(28(25,26)13-15-5-7-27-12-15)6-4-16(14)8-19(20)23-10-18-3-2-17(21)9-22-18;/h2-3,9,14-16H,4-7,11-13H2,1H3;/q-2;+1/t14-,15?,16-;/m0./s1. The molecule has 3 heterocycles. The molecule has 0 radical (unpaired) electrons. The van der Waals surface area contributed by atoms with Crippen molar-refractivity contribution in [1.29, 1.82) is 0 Å². The van der Waals surface area contributed by atoms with Crippen molar-refractivity contribution in [3.05, 3.63) is 41.1 Å². The number of nitrogens with zero attached hydrogens (tertiary/aromatic N) is 3. The van der Waals surface area contributed by atoms with Crippen molar-refractivity contribution in [2.75, 3.05) is 32.1 Å². The number of rotatable bonds is 6. The van der Waals surface area contributed by atoms with E-state index < -0.39 is 15.8 Å². The number of hydrogen-bond donors (Lipinski definition) is 0. The molecule has 3 rings (SSSR count). The Kier molecular flexibility index (Phi) is 10.4. The molecule has 0 amide bonds. The predicted octanol–water partition coefficient (Wildman–Crippen LogP) is -0.272. The van der Waals surface area contributed by atoms with Gasteiger partial charge in [0.25, 0.3) is 0 Å². The Balaban J connectivity index is 0.00000300. The van der Waals surface area contributed by atoms with Crippen LogP contribution in [0.1, 0.15) is 25.5 Å². The molecule has 2 saturated heterocycles. The molecule has 1 aromatic heterocycles. The van der Waals surface area contributed by atoms with E-state index in [1.54, 1.807) is 4.31 Å². The van der Waals surface area contributed by atoms with Crippen molar-refractivity contribution in [3.63, 3.8) is 0 Å². The third-order valence-electron chi connectivity index (χ3n) is 5.03. The van der Waals surface area contributed by atoms with Gasteiger partial charge in [0.1, 0.15) is 5.82 Å². The van der Waals surface area contributed by atoms with Crippen molar-refractivity contribution in [2.45, 2.75) is 19.8 Å². The fourth-order valence-electron chi connectivity index (χ4n) is 3.43. The smallest absolute Gasteiger partial charge is 0.526 e. The average molecular weight is 467 g/mol. The minimum Gasteiger partial charge on any atom is -0.526 e. The van der Waals surface area contributed by atoms with Crippen molar-refractivity contribution in [3.8, 4) is 0 Å².